The van der Waals surface area contributed by atoms with Crippen LogP contribution in [0.4, 0.5) is 5.69 Å². The predicted molar refractivity (Wildman–Crippen MR) is 112 cm³/mol. The van der Waals surface area contributed by atoms with E-state index in [1.807, 2.05) is 24.3 Å². The average Bonchev–Trinajstić information content (AvgIpc) is 2.77. The molecule has 0 radical (unpaired) electrons. The van der Waals surface area contributed by atoms with Crippen LogP contribution in [0, 0.1) is 0 Å². The normalized spacial score (nSPS) is 10.7. The number of halogens is 1. The van der Waals surface area contributed by atoms with Crippen molar-refractivity contribution in [2.45, 2.75) is 6.54 Å². The lowest BCUT2D eigenvalue weighted by molar-refractivity contribution is 0.0984. The van der Waals surface area contributed by atoms with Gasteiger partial charge in [0.15, 0.2) is 0 Å². The number of nitrogens with zero attached hydrogens (tertiary/aromatic N) is 4. The number of hydrogen-bond donors (Lipinski definition) is 0. The molecular formula is C22H17ClN4O2. The molecule has 0 fully saturated rings. The highest BCUT2D eigenvalue weighted by molar-refractivity contribution is 6.29. The van der Waals surface area contributed by atoms with Crippen LogP contribution in [0.5, 0.6) is 5.88 Å². The van der Waals surface area contributed by atoms with E-state index >= 15 is 0 Å². The highest BCUT2D eigenvalue weighted by Gasteiger charge is 2.22. The Hall–Kier alpha value is -3.51. The number of hydrogen-bond acceptors (Lipinski definition) is 5. The summed E-state index contributed by atoms with van der Waals surface area (Å²) < 4.78 is 5.39. The average molecular weight is 405 g/mol. The van der Waals surface area contributed by atoms with E-state index in [0.717, 1.165) is 16.5 Å². The first kappa shape index (κ1) is 18.8. The molecule has 4 aromatic rings. The number of benzene rings is 1. The Balaban J connectivity index is 1.77. The molecule has 0 bridgehead atoms. The molecule has 0 unspecified atom stereocenters. The van der Waals surface area contributed by atoms with Crippen molar-refractivity contribution in [3.05, 3.63) is 89.5 Å². The number of carbonyl (C=O) groups excluding carboxylic acids is 1. The Morgan fingerprint density at radius 1 is 1.10 bits per heavy atom. The number of pyridine rings is 3. The van der Waals surface area contributed by atoms with Gasteiger partial charge in [-0.2, -0.15) is 0 Å². The summed E-state index contributed by atoms with van der Waals surface area (Å²) in [5.74, 6) is 0.162. The minimum Gasteiger partial charge on any atom is -0.480 e. The molecule has 0 aliphatic rings. The van der Waals surface area contributed by atoms with Crippen LogP contribution in [0.2, 0.25) is 5.15 Å². The third-order valence-corrected chi connectivity index (χ3v) is 4.66. The zero-order valence-electron chi connectivity index (χ0n) is 15.6. The number of fused-ring (bicyclic) bond motifs is 1. The molecule has 1 aromatic carbocycles. The molecular weight excluding hydrogens is 388 g/mol. The number of amides is 1. The third-order valence-electron chi connectivity index (χ3n) is 4.45. The molecule has 0 saturated heterocycles. The molecule has 0 spiro atoms. The second-order valence-electron chi connectivity index (χ2n) is 6.33. The highest BCUT2D eigenvalue weighted by atomic mass is 35.5. The fourth-order valence-electron chi connectivity index (χ4n) is 3.08. The molecule has 0 aliphatic carbocycles. The molecule has 6 nitrogen and oxygen atoms in total. The molecule has 7 heteroatoms. The molecule has 144 valence electrons. The van der Waals surface area contributed by atoms with E-state index in [-0.39, 0.29) is 5.91 Å². The molecule has 1 amide bonds. The van der Waals surface area contributed by atoms with Gasteiger partial charge in [-0.25, -0.2) is 9.97 Å². The number of anilines is 1. The number of methoxy groups -OCH3 is 1. The van der Waals surface area contributed by atoms with Gasteiger partial charge in [0.05, 0.1) is 24.7 Å². The first-order chi connectivity index (χ1) is 14.2. The maximum absolute atomic E-state index is 13.3. The van der Waals surface area contributed by atoms with E-state index in [4.69, 9.17) is 16.3 Å². The first-order valence-corrected chi connectivity index (χ1v) is 9.29. The maximum atomic E-state index is 13.3. The van der Waals surface area contributed by atoms with Crippen molar-refractivity contribution in [3.63, 3.8) is 0 Å². The SMILES string of the molecule is COc1ncccc1N(Cc1ccc2ccc(Cl)nc2c1)C(=O)c1cccnc1. The van der Waals surface area contributed by atoms with Crippen molar-refractivity contribution >= 4 is 34.1 Å². The van der Waals surface area contributed by atoms with Gasteiger partial charge >= 0.3 is 0 Å². The summed E-state index contributed by atoms with van der Waals surface area (Å²) in [6.45, 7) is 0.305. The van der Waals surface area contributed by atoms with E-state index in [9.17, 15) is 4.79 Å². The van der Waals surface area contributed by atoms with Gasteiger partial charge in [-0.05, 0) is 48.0 Å². The lowest BCUT2D eigenvalue weighted by atomic mass is 10.1. The van der Waals surface area contributed by atoms with E-state index in [2.05, 4.69) is 15.0 Å². The lowest BCUT2D eigenvalue weighted by Gasteiger charge is -2.24. The fraction of sp³-hybridized carbons (Fsp3) is 0.0909. The summed E-state index contributed by atoms with van der Waals surface area (Å²) in [4.78, 5) is 27.6. The molecule has 3 aromatic heterocycles. The van der Waals surface area contributed by atoms with Crippen molar-refractivity contribution in [2.75, 3.05) is 12.0 Å². The van der Waals surface area contributed by atoms with Crippen LogP contribution in [-0.4, -0.2) is 28.0 Å². The predicted octanol–water partition coefficient (Wildman–Crippen LogP) is 4.53. The number of rotatable bonds is 5. The van der Waals surface area contributed by atoms with Crippen LogP contribution >= 0.6 is 11.6 Å². The Kier molecular flexibility index (Phi) is 5.35. The summed E-state index contributed by atoms with van der Waals surface area (Å²) in [5.41, 5.74) is 2.71. The molecule has 3 heterocycles. The Morgan fingerprint density at radius 3 is 2.72 bits per heavy atom. The van der Waals surface area contributed by atoms with Crippen LogP contribution < -0.4 is 9.64 Å². The zero-order chi connectivity index (χ0) is 20.2. The molecule has 0 atom stereocenters. The second kappa shape index (κ2) is 8.24. The van der Waals surface area contributed by atoms with Crippen molar-refractivity contribution in [2.24, 2.45) is 0 Å². The Bertz CT molecular complexity index is 1170. The number of aromatic nitrogens is 3. The maximum Gasteiger partial charge on any atom is 0.260 e. The molecule has 0 aliphatic heterocycles. The van der Waals surface area contributed by atoms with Crippen LogP contribution in [0.1, 0.15) is 15.9 Å². The quantitative estimate of drug-likeness (QED) is 0.457. The summed E-state index contributed by atoms with van der Waals surface area (Å²) in [6.07, 6.45) is 4.79. The summed E-state index contributed by atoms with van der Waals surface area (Å²) >= 11 is 6.04. The minimum absolute atomic E-state index is 0.205. The monoisotopic (exact) mass is 404 g/mol. The topological polar surface area (TPSA) is 68.2 Å². The van der Waals surface area contributed by atoms with Gasteiger partial charge in [-0.15, -0.1) is 0 Å². The molecule has 0 saturated carbocycles. The number of ether oxygens (including phenoxy) is 1. The van der Waals surface area contributed by atoms with Gasteiger partial charge in [0.25, 0.3) is 5.91 Å². The Morgan fingerprint density at radius 2 is 1.93 bits per heavy atom. The molecule has 4 rings (SSSR count). The van der Waals surface area contributed by atoms with Crippen molar-refractivity contribution in [3.8, 4) is 5.88 Å². The van der Waals surface area contributed by atoms with Crippen molar-refractivity contribution < 1.29 is 9.53 Å². The highest BCUT2D eigenvalue weighted by Crippen LogP contribution is 2.29. The van der Waals surface area contributed by atoms with Gasteiger partial charge < -0.3 is 4.74 Å². The van der Waals surface area contributed by atoms with Crippen LogP contribution in [0.25, 0.3) is 10.9 Å². The first-order valence-electron chi connectivity index (χ1n) is 8.92. The van der Waals surface area contributed by atoms with Crippen molar-refractivity contribution in [1.82, 2.24) is 15.0 Å². The van der Waals surface area contributed by atoms with Gasteiger partial charge in [0, 0.05) is 24.0 Å². The van der Waals surface area contributed by atoms with Crippen LogP contribution in [0.3, 0.4) is 0 Å². The standard InChI is InChI=1S/C22H17ClN4O2/c1-29-21-19(5-3-11-25-21)27(22(28)17-4-2-10-24-13-17)14-15-6-7-16-8-9-20(23)26-18(16)12-15/h2-13H,14H2,1H3. The van der Waals surface area contributed by atoms with Crippen LogP contribution in [-0.2, 0) is 6.54 Å². The summed E-state index contributed by atoms with van der Waals surface area (Å²) in [6, 6.07) is 16.5. The van der Waals surface area contributed by atoms with E-state index in [0.29, 0.717) is 28.8 Å². The summed E-state index contributed by atoms with van der Waals surface area (Å²) in [7, 11) is 1.53. The second-order valence-corrected chi connectivity index (χ2v) is 6.71. The number of carbonyl (C=O) groups is 1. The van der Waals surface area contributed by atoms with E-state index in [1.54, 1.807) is 53.8 Å². The molecule has 0 N–H and O–H groups in total. The molecule has 29 heavy (non-hydrogen) atoms. The van der Waals surface area contributed by atoms with E-state index in [1.165, 1.54) is 7.11 Å². The minimum atomic E-state index is -0.205. The van der Waals surface area contributed by atoms with E-state index < -0.39 is 0 Å². The van der Waals surface area contributed by atoms with Crippen molar-refractivity contribution in [1.29, 1.82) is 0 Å². The third kappa shape index (κ3) is 4.02. The summed E-state index contributed by atoms with van der Waals surface area (Å²) in [5, 5.41) is 1.40. The largest absolute Gasteiger partial charge is 0.480 e. The van der Waals surface area contributed by atoms with Gasteiger partial charge in [-0.3, -0.25) is 14.7 Å². The Labute approximate surface area is 172 Å². The van der Waals surface area contributed by atoms with Gasteiger partial charge in [-0.1, -0.05) is 23.7 Å². The van der Waals surface area contributed by atoms with Crippen LogP contribution in [0.15, 0.2) is 73.2 Å². The van der Waals surface area contributed by atoms with Gasteiger partial charge in [0.2, 0.25) is 5.88 Å². The smallest absolute Gasteiger partial charge is 0.260 e. The van der Waals surface area contributed by atoms with Gasteiger partial charge in [0.1, 0.15) is 10.8 Å². The fourth-order valence-corrected chi connectivity index (χ4v) is 3.23. The lowest BCUT2D eigenvalue weighted by Crippen LogP contribution is -2.31. The zero-order valence-corrected chi connectivity index (χ0v) is 16.4.